The normalized spacial score (nSPS) is 13.9. The van der Waals surface area contributed by atoms with Gasteiger partial charge in [0.05, 0.1) is 11.2 Å². The van der Waals surface area contributed by atoms with E-state index in [4.69, 9.17) is 5.73 Å². The average molecular weight is 298 g/mol. The highest BCUT2D eigenvalue weighted by molar-refractivity contribution is 5.94. The fourth-order valence-corrected chi connectivity index (χ4v) is 2.71. The van der Waals surface area contributed by atoms with Gasteiger partial charge in [-0.2, -0.15) is 0 Å². The highest BCUT2D eigenvalue weighted by atomic mass is 35.5. The number of benzene rings is 1. The van der Waals surface area contributed by atoms with Gasteiger partial charge in [-0.05, 0) is 31.0 Å². The first-order valence-corrected chi connectivity index (χ1v) is 6.93. The van der Waals surface area contributed by atoms with E-state index >= 15 is 0 Å². The predicted molar refractivity (Wildman–Crippen MR) is 88.6 cm³/mol. The zero-order valence-electron chi connectivity index (χ0n) is 11.5. The van der Waals surface area contributed by atoms with E-state index in [1.54, 1.807) is 0 Å². The Hall–Kier alpha value is -2.13. The summed E-state index contributed by atoms with van der Waals surface area (Å²) in [5, 5.41) is 1.16. The van der Waals surface area contributed by atoms with Gasteiger partial charge in [-0.1, -0.05) is 24.3 Å². The van der Waals surface area contributed by atoms with Crippen LogP contribution in [0.2, 0.25) is 0 Å². The molecule has 2 N–H and O–H groups in total. The predicted octanol–water partition coefficient (Wildman–Crippen LogP) is 4.18. The number of halogens is 1. The van der Waals surface area contributed by atoms with E-state index in [1.165, 1.54) is 18.4 Å². The number of hydrogen-bond acceptors (Lipinski definition) is 3. The van der Waals surface area contributed by atoms with Crippen molar-refractivity contribution in [2.24, 2.45) is 0 Å². The molecule has 0 atom stereocenters. The molecule has 0 aliphatic heterocycles. The van der Waals surface area contributed by atoms with Crippen LogP contribution in [0.3, 0.4) is 0 Å². The van der Waals surface area contributed by atoms with Crippen LogP contribution in [0.15, 0.2) is 48.7 Å². The zero-order chi connectivity index (χ0) is 13.5. The fraction of sp³-hybridized carbons (Fsp3) is 0.176. The Morgan fingerprint density at radius 3 is 2.57 bits per heavy atom. The Bertz CT molecular complexity index is 792. The summed E-state index contributed by atoms with van der Waals surface area (Å²) in [5.41, 5.74) is 10.3. The molecule has 0 amide bonds. The van der Waals surface area contributed by atoms with Gasteiger partial charge in [-0.15, -0.1) is 12.4 Å². The highest BCUT2D eigenvalue weighted by Gasteiger charge is 2.28. The molecule has 0 saturated heterocycles. The van der Waals surface area contributed by atoms with Crippen LogP contribution in [0.25, 0.3) is 22.0 Å². The largest absolute Gasteiger partial charge is 0.384 e. The van der Waals surface area contributed by atoms with Crippen LogP contribution in [0, 0.1) is 0 Å². The van der Waals surface area contributed by atoms with Crippen LogP contribution in [0.5, 0.6) is 0 Å². The van der Waals surface area contributed by atoms with Crippen molar-refractivity contribution in [2.75, 3.05) is 5.73 Å². The summed E-state index contributed by atoms with van der Waals surface area (Å²) in [7, 11) is 0. The Kier molecular flexibility index (Phi) is 3.52. The molecule has 106 valence electrons. The van der Waals surface area contributed by atoms with Crippen molar-refractivity contribution in [1.82, 2.24) is 9.97 Å². The summed E-state index contributed by atoms with van der Waals surface area (Å²) in [6, 6.07) is 14.3. The van der Waals surface area contributed by atoms with Gasteiger partial charge < -0.3 is 5.73 Å². The third kappa shape index (κ3) is 2.45. The van der Waals surface area contributed by atoms with E-state index < -0.39 is 0 Å². The van der Waals surface area contributed by atoms with E-state index in [2.05, 4.69) is 40.3 Å². The first-order chi connectivity index (χ1) is 9.83. The molecule has 1 saturated carbocycles. The van der Waals surface area contributed by atoms with Crippen molar-refractivity contribution in [2.45, 2.75) is 18.8 Å². The molecule has 2 heterocycles. The maximum absolute atomic E-state index is 5.86. The number of hydrogen-bond donors (Lipinski definition) is 1. The van der Waals surface area contributed by atoms with Gasteiger partial charge in [0.1, 0.15) is 5.82 Å². The number of nitrogens with zero attached hydrogens (tertiary/aromatic N) is 2. The summed E-state index contributed by atoms with van der Waals surface area (Å²) in [6.45, 7) is 0. The van der Waals surface area contributed by atoms with Gasteiger partial charge >= 0.3 is 0 Å². The molecule has 0 spiro atoms. The number of nitrogen functional groups attached to an aromatic ring is 1. The molecular weight excluding hydrogens is 282 g/mol. The van der Waals surface area contributed by atoms with Crippen LogP contribution in [-0.4, -0.2) is 9.97 Å². The minimum absolute atomic E-state index is 0. The minimum atomic E-state index is 0. The summed E-state index contributed by atoms with van der Waals surface area (Å²) < 4.78 is 0. The molecule has 3 nitrogen and oxygen atoms in total. The lowest BCUT2D eigenvalue weighted by Gasteiger charge is -2.11. The molecule has 1 aliphatic carbocycles. The summed E-state index contributed by atoms with van der Waals surface area (Å²) in [6.07, 6.45) is 4.26. The number of fused-ring (bicyclic) bond motifs is 1. The monoisotopic (exact) mass is 297 g/mol. The Morgan fingerprint density at radius 1 is 0.952 bits per heavy atom. The van der Waals surface area contributed by atoms with Gasteiger partial charge in [0, 0.05) is 28.6 Å². The van der Waals surface area contributed by atoms with Crippen molar-refractivity contribution in [1.29, 1.82) is 0 Å². The second kappa shape index (κ2) is 5.34. The molecule has 0 unspecified atom stereocenters. The maximum atomic E-state index is 5.86. The topological polar surface area (TPSA) is 51.8 Å². The minimum Gasteiger partial charge on any atom is -0.384 e. The summed E-state index contributed by atoms with van der Waals surface area (Å²) >= 11 is 0. The van der Waals surface area contributed by atoms with Gasteiger partial charge in [0.25, 0.3) is 0 Å². The number of pyridine rings is 2. The first-order valence-electron chi connectivity index (χ1n) is 6.93. The average Bonchev–Trinajstić information content (AvgIpc) is 3.31. The van der Waals surface area contributed by atoms with Gasteiger partial charge in [0.15, 0.2) is 0 Å². The quantitative estimate of drug-likeness (QED) is 0.772. The van der Waals surface area contributed by atoms with E-state index in [0.29, 0.717) is 11.7 Å². The summed E-state index contributed by atoms with van der Waals surface area (Å²) in [5.74, 6) is 1.16. The molecular formula is C17H16ClN3. The second-order valence-corrected chi connectivity index (χ2v) is 5.32. The van der Waals surface area contributed by atoms with E-state index in [0.717, 1.165) is 22.2 Å². The standard InChI is InChI=1S/C17H15N3.ClH/c18-15-9-8-14(17(20-15)12-6-7-12)13-5-1-3-11-4-2-10-19-16(11)13;/h1-5,8-10,12H,6-7H2,(H2,18,20);1H. The molecule has 3 aromatic rings. The summed E-state index contributed by atoms with van der Waals surface area (Å²) in [4.78, 5) is 9.11. The molecule has 2 aromatic heterocycles. The van der Waals surface area contributed by atoms with Crippen molar-refractivity contribution in [3.63, 3.8) is 0 Å². The van der Waals surface area contributed by atoms with Crippen molar-refractivity contribution in [3.8, 4) is 11.1 Å². The number of nitrogens with two attached hydrogens (primary N) is 1. The highest BCUT2D eigenvalue weighted by Crippen LogP contribution is 2.44. The van der Waals surface area contributed by atoms with Crippen molar-refractivity contribution >= 4 is 29.1 Å². The smallest absolute Gasteiger partial charge is 0.123 e. The molecule has 1 aromatic carbocycles. The Labute approximate surface area is 129 Å². The van der Waals surface area contributed by atoms with E-state index in [-0.39, 0.29) is 12.4 Å². The Morgan fingerprint density at radius 2 is 1.76 bits per heavy atom. The Balaban J connectivity index is 0.00000132. The number of para-hydroxylation sites is 1. The number of anilines is 1. The maximum Gasteiger partial charge on any atom is 0.123 e. The third-order valence-electron chi connectivity index (χ3n) is 3.83. The lowest BCUT2D eigenvalue weighted by molar-refractivity contribution is 1.03. The van der Waals surface area contributed by atoms with Crippen molar-refractivity contribution < 1.29 is 0 Å². The zero-order valence-corrected chi connectivity index (χ0v) is 12.3. The lowest BCUT2D eigenvalue weighted by atomic mass is 9.98. The van der Waals surface area contributed by atoms with Crippen LogP contribution in [-0.2, 0) is 0 Å². The molecule has 0 radical (unpaired) electrons. The second-order valence-electron chi connectivity index (χ2n) is 5.32. The first kappa shape index (κ1) is 13.8. The molecule has 1 fully saturated rings. The van der Waals surface area contributed by atoms with Crippen molar-refractivity contribution in [3.05, 3.63) is 54.4 Å². The van der Waals surface area contributed by atoms with Crippen LogP contribution in [0.4, 0.5) is 5.82 Å². The van der Waals surface area contributed by atoms with Crippen LogP contribution >= 0.6 is 12.4 Å². The van der Waals surface area contributed by atoms with E-state index in [1.807, 2.05) is 18.3 Å². The molecule has 0 bridgehead atoms. The van der Waals surface area contributed by atoms with Gasteiger partial charge in [0.2, 0.25) is 0 Å². The van der Waals surface area contributed by atoms with Crippen LogP contribution < -0.4 is 5.73 Å². The SMILES string of the molecule is Cl.Nc1ccc(-c2cccc3cccnc23)c(C2CC2)n1. The molecule has 4 rings (SSSR count). The van der Waals surface area contributed by atoms with Gasteiger partial charge in [-0.3, -0.25) is 4.98 Å². The lowest BCUT2D eigenvalue weighted by Crippen LogP contribution is -1.98. The molecule has 21 heavy (non-hydrogen) atoms. The van der Waals surface area contributed by atoms with E-state index in [9.17, 15) is 0 Å². The number of rotatable bonds is 2. The van der Waals surface area contributed by atoms with Crippen LogP contribution in [0.1, 0.15) is 24.5 Å². The van der Waals surface area contributed by atoms with Gasteiger partial charge in [-0.25, -0.2) is 4.98 Å². The number of aromatic nitrogens is 2. The third-order valence-corrected chi connectivity index (χ3v) is 3.83. The molecule has 4 heteroatoms. The molecule has 1 aliphatic rings. The fourth-order valence-electron chi connectivity index (χ4n) is 2.71.